The van der Waals surface area contributed by atoms with Crippen LogP contribution in [-0.4, -0.2) is 47.6 Å². The van der Waals surface area contributed by atoms with Crippen LogP contribution in [0.4, 0.5) is 0 Å². The van der Waals surface area contributed by atoms with Crippen molar-refractivity contribution in [2.75, 3.05) is 6.61 Å². The average molecular weight is 484 g/mol. The Morgan fingerprint density at radius 1 is 1.12 bits per heavy atom. The Morgan fingerprint density at radius 3 is 2.27 bits per heavy atom. The number of amides is 2. The highest BCUT2D eigenvalue weighted by molar-refractivity contribution is 6.30. The van der Waals surface area contributed by atoms with E-state index in [0.29, 0.717) is 17.9 Å². The lowest BCUT2D eigenvalue weighted by molar-refractivity contribution is -0.143. The number of hydrogen-bond donors (Lipinski definition) is 4. The minimum Gasteiger partial charge on any atom is -0.491 e. The molecule has 0 fully saturated rings. The van der Waals surface area contributed by atoms with Gasteiger partial charge in [-0.3, -0.25) is 9.59 Å². The highest BCUT2D eigenvalue weighted by atomic mass is 35.5. The van der Waals surface area contributed by atoms with Gasteiger partial charge in [0, 0.05) is 11.1 Å². The lowest BCUT2D eigenvalue weighted by Crippen LogP contribution is -2.53. The van der Waals surface area contributed by atoms with Gasteiger partial charge in [-0.1, -0.05) is 59.6 Å². The summed E-state index contributed by atoms with van der Waals surface area (Å²) in [6.07, 6.45) is 0.925. The monoisotopic (exact) mass is 483 g/mol. The van der Waals surface area contributed by atoms with Crippen molar-refractivity contribution in [2.24, 2.45) is 23.5 Å². The minimum absolute atomic E-state index is 0.0814. The molecule has 186 valence electrons. The quantitative estimate of drug-likeness (QED) is 0.340. The van der Waals surface area contributed by atoms with Crippen molar-refractivity contribution < 1.29 is 24.2 Å². The van der Waals surface area contributed by atoms with E-state index >= 15 is 0 Å². The molecule has 0 spiro atoms. The molecule has 5 N–H and O–H groups in total. The van der Waals surface area contributed by atoms with Crippen molar-refractivity contribution in [3.63, 3.8) is 0 Å². The smallest absolute Gasteiger partial charge is 0.326 e. The zero-order valence-electron chi connectivity index (χ0n) is 20.4. The maximum Gasteiger partial charge on any atom is 0.326 e. The molecule has 33 heavy (non-hydrogen) atoms. The average Bonchev–Trinajstić information content (AvgIpc) is 2.73. The molecule has 1 rings (SSSR count). The summed E-state index contributed by atoms with van der Waals surface area (Å²) >= 11 is 6.09. The van der Waals surface area contributed by atoms with Gasteiger partial charge in [-0.15, -0.1) is 0 Å². The summed E-state index contributed by atoms with van der Waals surface area (Å²) in [4.78, 5) is 37.7. The number of carboxylic acids is 1. The third-order valence-electron chi connectivity index (χ3n) is 5.58. The van der Waals surface area contributed by atoms with Gasteiger partial charge < -0.3 is 26.2 Å². The van der Waals surface area contributed by atoms with Crippen LogP contribution in [0.15, 0.2) is 18.2 Å². The molecule has 0 aliphatic carbocycles. The summed E-state index contributed by atoms with van der Waals surface area (Å²) in [7, 11) is 0. The molecule has 0 saturated carbocycles. The third kappa shape index (κ3) is 9.21. The number of nitrogens with one attached hydrogen (secondary N) is 2. The molecule has 0 saturated heterocycles. The maximum absolute atomic E-state index is 13.1. The summed E-state index contributed by atoms with van der Waals surface area (Å²) in [6, 6.07) is 2.44. The number of aliphatic carboxylic acids is 1. The van der Waals surface area contributed by atoms with Gasteiger partial charge in [0.25, 0.3) is 5.91 Å². The minimum atomic E-state index is -1.11. The molecule has 1 aromatic carbocycles. The van der Waals surface area contributed by atoms with Crippen molar-refractivity contribution in [3.8, 4) is 5.75 Å². The zero-order valence-corrected chi connectivity index (χ0v) is 21.1. The summed E-state index contributed by atoms with van der Waals surface area (Å²) in [5, 5.41) is 15.2. The van der Waals surface area contributed by atoms with Crippen molar-refractivity contribution in [1.29, 1.82) is 0 Å². The van der Waals surface area contributed by atoms with Crippen LogP contribution in [0.3, 0.4) is 0 Å². The lowest BCUT2D eigenvalue weighted by Gasteiger charge is -2.25. The fourth-order valence-electron chi connectivity index (χ4n) is 3.06. The van der Waals surface area contributed by atoms with E-state index in [2.05, 4.69) is 10.6 Å². The van der Waals surface area contributed by atoms with E-state index in [1.165, 1.54) is 12.1 Å². The molecule has 8 nitrogen and oxygen atoms in total. The first-order chi connectivity index (χ1) is 15.4. The number of ether oxygens (including phenoxy) is 1. The van der Waals surface area contributed by atoms with E-state index < -0.39 is 29.9 Å². The third-order valence-corrected chi connectivity index (χ3v) is 5.82. The summed E-state index contributed by atoms with van der Waals surface area (Å²) in [6.45, 7) is 11.6. The molecule has 2 amide bonds. The SMILES string of the molecule is CC[C@H](C)[C@H](NC(=O)[C@H](CC(C)C)NC(=O)c1ccc(Cl)cc1OC[C@H](N)C(C)C)C(=O)O. The van der Waals surface area contributed by atoms with E-state index in [-0.39, 0.29) is 41.7 Å². The van der Waals surface area contributed by atoms with Gasteiger partial charge in [0.2, 0.25) is 5.91 Å². The van der Waals surface area contributed by atoms with E-state index in [1.54, 1.807) is 13.0 Å². The number of rotatable bonds is 13. The van der Waals surface area contributed by atoms with Gasteiger partial charge >= 0.3 is 5.97 Å². The van der Waals surface area contributed by atoms with Gasteiger partial charge in [0.15, 0.2) is 0 Å². The topological polar surface area (TPSA) is 131 Å². The number of carbonyl (C=O) groups excluding carboxylic acids is 2. The number of halogens is 1. The molecular weight excluding hydrogens is 446 g/mol. The van der Waals surface area contributed by atoms with Crippen LogP contribution in [0, 0.1) is 17.8 Å². The van der Waals surface area contributed by atoms with Crippen LogP contribution in [0.2, 0.25) is 5.02 Å². The second-order valence-electron chi connectivity index (χ2n) is 9.22. The highest BCUT2D eigenvalue weighted by Gasteiger charge is 2.30. The Hall–Kier alpha value is -2.32. The molecular formula is C24H38ClN3O5. The van der Waals surface area contributed by atoms with Gasteiger partial charge in [0.1, 0.15) is 24.4 Å². The first-order valence-electron chi connectivity index (χ1n) is 11.4. The van der Waals surface area contributed by atoms with Gasteiger partial charge in [-0.05, 0) is 42.4 Å². The number of nitrogens with two attached hydrogens (primary N) is 1. The largest absolute Gasteiger partial charge is 0.491 e. The Bertz CT molecular complexity index is 815. The van der Waals surface area contributed by atoms with Gasteiger partial charge in [0.05, 0.1) is 5.56 Å². The molecule has 0 aliphatic heterocycles. The summed E-state index contributed by atoms with van der Waals surface area (Å²) in [5.41, 5.74) is 6.27. The molecule has 0 heterocycles. The summed E-state index contributed by atoms with van der Waals surface area (Å²) < 4.78 is 5.78. The molecule has 0 aliphatic rings. The molecule has 9 heteroatoms. The molecule has 0 unspecified atom stereocenters. The first-order valence-corrected chi connectivity index (χ1v) is 11.8. The highest BCUT2D eigenvalue weighted by Crippen LogP contribution is 2.24. The van der Waals surface area contributed by atoms with E-state index in [9.17, 15) is 19.5 Å². The number of hydrogen-bond acceptors (Lipinski definition) is 5. The molecule has 0 bridgehead atoms. The predicted octanol–water partition coefficient (Wildman–Crippen LogP) is 3.46. The van der Waals surface area contributed by atoms with Gasteiger partial charge in [-0.25, -0.2) is 4.79 Å². The van der Waals surface area contributed by atoms with Crippen LogP contribution >= 0.6 is 11.6 Å². The second-order valence-corrected chi connectivity index (χ2v) is 9.66. The van der Waals surface area contributed by atoms with Crippen LogP contribution in [0.1, 0.15) is 64.7 Å². The molecule has 4 atom stereocenters. The Labute approximate surface area is 201 Å². The number of carboxylic acid groups (broad SMARTS) is 1. The molecule has 0 radical (unpaired) electrons. The maximum atomic E-state index is 13.1. The van der Waals surface area contributed by atoms with Gasteiger partial charge in [-0.2, -0.15) is 0 Å². The van der Waals surface area contributed by atoms with Crippen LogP contribution in [0.5, 0.6) is 5.75 Å². The second kappa shape index (κ2) is 13.4. The fourth-order valence-corrected chi connectivity index (χ4v) is 3.22. The van der Waals surface area contributed by atoms with Crippen molar-refractivity contribution in [2.45, 2.75) is 72.5 Å². The normalized spacial score (nSPS) is 15.0. The Balaban J connectivity index is 3.09. The Kier molecular flexibility index (Phi) is 11.7. The molecule has 0 aromatic heterocycles. The van der Waals surface area contributed by atoms with E-state index in [4.69, 9.17) is 22.1 Å². The van der Waals surface area contributed by atoms with Crippen molar-refractivity contribution in [1.82, 2.24) is 10.6 Å². The van der Waals surface area contributed by atoms with Crippen LogP contribution in [0.25, 0.3) is 0 Å². The lowest BCUT2D eigenvalue weighted by atomic mass is 9.97. The van der Waals surface area contributed by atoms with E-state index in [1.807, 2.05) is 34.6 Å². The zero-order chi connectivity index (χ0) is 25.3. The predicted molar refractivity (Wildman–Crippen MR) is 129 cm³/mol. The van der Waals surface area contributed by atoms with Crippen LogP contribution in [-0.2, 0) is 9.59 Å². The molecule has 1 aromatic rings. The van der Waals surface area contributed by atoms with E-state index in [0.717, 1.165) is 0 Å². The number of carbonyl (C=O) groups is 3. The van der Waals surface area contributed by atoms with Crippen molar-refractivity contribution >= 4 is 29.4 Å². The van der Waals surface area contributed by atoms with Crippen LogP contribution < -0.4 is 21.1 Å². The number of benzene rings is 1. The summed E-state index contributed by atoms with van der Waals surface area (Å²) in [5.74, 6) is -1.89. The van der Waals surface area contributed by atoms with Crippen molar-refractivity contribution in [3.05, 3.63) is 28.8 Å². The fraction of sp³-hybridized carbons (Fsp3) is 0.625. The standard InChI is InChI=1S/C24H38ClN3O5/c1-7-15(6)21(24(31)32)28-23(30)19(10-13(2)3)27-22(29)17-9-8-16(25)11-20(17)33-12-18(26)14(4)5/h8-9,11,13-15,18-19,21H,7,10,12,26H2,1-6H3,(H,27,29)(H,28,30)(H,31,32)/t15-,18-,19-,21-/m0/s1. The Morgan fingerprint density at radius 2 is 1.76 bits per heavy atom. The first kappa shape index (κ1) is 28.7.